The fourth-order valence-corrected chi connectivity index (χ4v) is 3.44. The van der Waals surface area contributed by atoms with E-state index >= 15 is 0 Å². The highest BCUT2D eigenvalue weighted by Crippen LogP contribution is 2.42. The lowest BCUT2D eigenvalue weighted by Crippen LogP contribution is -2.26. The molecule has 28 heavy (non-hydrogen) atoms. The lowest BCUT2D eigenvalue weighted by atomic mass is 10.1. The third-order valence-electron chi connectivity index (χ3n) is 3.94. The average molecular weight is 519 g/mol. The van der Waals surface area contributed by atoms with E-state index in [0.29, 0.717) is 18.8 Å². The number of halogens is 3. The standard InChI is InChI=1S/C19H17ClFIN2O4/c1-2-26-7-8-28-24-19(25)13-9-11-5-6-27-18(11)16(20)17(13)23-15-4-3-12(22)10-14(15)21/h2-4,9-10,23H,1,5-8H2,(H,24,25). The maximum Gasteiger partial charge on any atom is 0.277 e. The smallest absolute Gasteiger partial charge is 0.277 e. The van der Waals surface area contributed by atoms with Crippen LogP contribution in [0.15, 0.2) is 37.1 Å². The van der Waals surface area contributed by atoms with E-state index < -0.39 is 11.7 Å². The second-order valence-corrected chi connectivity index (χ2v) is 7.39. The van der Waals surface area contributed by atoms with E-state index in [1.54, 1.807) is 18.2 Å². The lowest BCUT2D eigenvalue weighted by molar-refractivity contribution is 0.0145. The fourth-order valence-electron chi connectivity index (χ4n) is 2.66. The fraction of sp³-hybridized carbons (Fsp3) is 0.211. The molecule has 0 radical (unpaired) electrons. The van der Waals surface area contributed by atoms with Crippen LogP contribution in [0.1, 0.15) is 15.9 Å². The molecule has 0 saturated heterocycles. The van der Waals surface area contributed by atoms with Crippen LogP contribution >= 0.6 is 34.2 Å². The molecule has 2 aromatic rings. The summed E-state index contributed by atoms with van der Waals surface area (Å²) in [5.74, 6) is -0.496. The van der Waals surface area contributed by atoms with Crippen LogP contribution in [0.5, 0.6) is 5.75 Å². The van der Waals surface area contributed by atoms with Crippen LogP contribution in [0.3, 0.4) is 0 Å². The first-order valence-electron chi connectivity index (χ1n) is 8.36. The predicted octanol–water partition coefficient (Wildman–Crippen LogP) is 4.58. The Morgan fingerprint density at radius 3 is 2.96 bits per heavy atom. The van der Waals surface area contributed by atoms with Gasteiger partial charge in [0.05, 0.1) is 29.8 Å². The molecular formula is C19H17ClFIN2O4. The second-order valence-electron chi connectivity index (χ2n) is 5.77. The molecule has 1 aliphatic rings. The summed E-state index contributed by atoms with van der Waals surface area (Å²) in [6, 6.07) is 6.36. The Morgan fingerprint density at radius 1 is 1.39 bits per heavy atom. The van der Waals surface area contributed by atoms with E-state index in [0.717, 1.165) is 9.13 Å². The quantitative estimate of drug-likeness (QED) is 0.232. The van der Waals surface area contributed by atoms with Gasteiger partial charge in [0.2, 0.25) is 0 Å². The summed E-state index contributed by atoms with van der Waals surface area (Å²) >= 11 is 8.49. The van der Waals surface area contributed by atoms with E-state index in [1.165, 1.54) is 12.3 Å². The van der Waals surface area contributed by atoms with Gasteiger partial charge in [0.1, 0.15) is 29.8 Å². The summed E-state index contributed by atoms with van der Waals surface area (Å²) < 4.78 is 25.5. The van der Waals surface area contributed by atoms with Gasteiger partial charge in [-0.1, -0.05) is 18.2 Å². The molecule has 0 bridgehead atoms. The molecule has 0 aliphatic carbocycles. The van der Waals surface area contributed by atoms with Crippen molar-refractivity contribution in [2.75, 3.05) is 25.1 Å². The van der Waals surface area contributed by atoms with Crippen molar-refractivity contribution in [3.8, 4) is 5.75 Å². The highest BCUT2D eigenvalue weighted by molar-refractivity contribution is 14.1. The number of nitrogens with one attached hydrogen (secondary N) is 2. The lowest BCUT2D eigenvalue weighted by Gasteiger charge is -2.17. The van der Waals surface area contributed by atoms with E-state index in [2.05, 4.69) is 17.4 Å². The summed E-state index contributed by atoms with van der Waals surface area (Å²) in [6.07, 6.45) is 1.91. The Bertz CT molecular complexity index is 910. The van der Waals surface area contributed by atoms with Crippen LogP contribution in [0.25, 0.3) is 0 Å². The summed E-state index contributed by atoms with van der Waals surface area (Å²) in [4.78, 5) is 17.8. The van der Waals surface area contributed by atoms with Gasteiger partial charge in [-0.3, -0.25) is 9.63 Å². The number of hydrogen-bond acceptors (Lipinski definition) is 5. The highest BCUT2D eigenvalue weighted by Gasteiger charge is 2.25. The number of rotatable bonds is 8. The number of carbonyl (C=O) groups is 1. The Kier molecular flexibility index (Phi) is 6.97. The Hall–Kier alpha value is -2.04. The third kappa shape index (κ3) is 4.68. The SMILES string of the molecule is C=COCCONC(=O)c1cc2c(c(Cl)c1Nc1ccc(I)cc1F)OCC2. The van der Waals surface area contributed by atoms with Crippen LogP contribution in [0, 0.1) is 9.39 Å². The molecule has 3 rings (SSSR count). The van der Waals surface area contributed by atoms with Crippen molar-refractivity contribution in [3.05, 3.63) is 62.6 Å². The van der Waals surface area contributed by atoms with Gasteiger partial charge in [-0.2, -0.15) is 0 Å². The van der Waals surface area contributed by atoms with Gasteiger partial charge in [-0.05, 0) is 46.9 Å². The Morgan fingerprint density at radius 2 is 2.21 bits per heavy atom. The van der Waals surface area contributed by atoms with Crippen molar-refractivity contribution in [3.63, 3.8) is 0 Å². The van der Waals surface area contributed by atoms with Crippen molar-refractivity contribution >= 4 is 51.5 Å². The van der Waals surface area contributed by atoms with E-state index in [4.69, 9.17) is 25.9 Å². The zero-order chi connectivity index (χ0) is 20.1. The Balaban J connectivity index is 1.89. The number of fused-ring (bicyclic) bond motifs is 1. The van der Waals surface area contributed by atoms with Crippen LogP contribution in [-0.2, 0) is 16.0 Å². The van der Waals surface area contributed by atoms with Crippen LogP contribution in [-0.4, -0.2) is 25.7 Å². The summed E-state index contributed by atoms with van der Waals surface area (Å²) in [5, 5.41) is 3.13. The summed E-state index contributed by atoms with van der Waals surface area (Å²) in [5.41, 5.74) is 3.79. The van der Waals surface area contributed by atoms with Gasteiger partial charge in [0, 0.05) is 15.6 Å². The molecule has 1 heterocycles. The zero-order valence-corrected chi connectivity index (χ0v) is 17.6. The van der Waals surface area contributed by atoms with Gasteiger partial charge >= 0.3 is 0 Å². The number of benzene rings is 2. The molecule has 6 nitrogen and oxygen atoms in total. The minimum absolute atomic E-state index is 0.133. The molecule has 0 atom stereocenters. The highest BCUT2D eigenvalue weighted by atomic mass is 127. The monoisotopic (exact) mass is 518 g/mol. The van der Waals surface area contributed by atoms with Gasteiger partial charge in [-0.15, -0.1) is 0 Å². The first kappa shape index (κ1) is 20.7. The molecule has 0 spiro atoms. The first-order valence-corrected chi connectivity index (χ1v) is 9.81. The second kappa shape index (κ2) is 9.44. The van der Waals surface area contributed by atoms with Crippen molar-refractivity contribution in [2.45, 2.75) is 6.42 Å². The van der Waals surface area contributed by atoms with E-state index in [9.17, 15) is 9.18 Å². The van der Waals surface area contributed by atoms with Crippen molar-refractivity contribution in [2.24, 2.45) is 0 Å². The van der Waals surface area contributed by atoms with Crippen molar-refractivity contribution in [1.82, 2.24) is 5.48 Å². The largest absolute Gasteiger partial charge is 0.499 e. The van der Waals surface area contributed by atoms with Gasteiger partial charge in [-0.25, -0.2) is 9.87 Å². The number of anilines is 2. The Labute approximate surface area is 180 Å². The number of carbonyl (C=O) groups excluding carboxylic acids is 1. The summed E-state index contributed by atoms with van der Waals surface area (Å²) in [7, 11) is 0. The molecule has 2 N–H and O–H groups in total. The molecule has 1 amide bonds. The molecular weight excluding hydrogens is 502 g/mol. The van der Waals surface area contributed by atoms with Gasteiger partial charge in [0.15, 0.2) is 0 Å². The minimum Gasteiger partial charge on any atom is -0.499 e. The molecule has 0 saturated carbocycles. The zero-order valence-electron chi connectivity index (χ0n) is 14.7. The molecule has 0 unspecified atom stereocenters. The molecule has 9 heteroatoms. The van der Waals surface area contributed by atoms with Crippen LogP contribution < -0.4 is 15.5 Å². The molecule has 1 aliphatic heterocycles. The minimum atomic E-state index is -0.524. The maximum atomic E-state index is 14.3. The predicted molar refractivity (Wildman–Crippen MR) is 113 cm³/mol. The molecule has 0 aromatic heterocycles. The molecule has 2 aromatic carbocycles. The molecule has 0 fully saturated rings. The van der Waals surface area contributed by atoms with Gasteiger partial charge < -0.3 is 14.8 Å². The van der Waals surface area contributed by atoms with Crippen molar-refractivity contribution < 1.29 is 23.5 Å². The van der Waals surface area contributed by atoms with E-state index in [-0.39, 0.29) is 35.2 Å². The third-order valence-corrected chi connectivity index (χ3v) is 4.97. The van der Waals surface area contributed by atoms with Crippen LogP contribution in [0.2, 0.25) is 5.02 Å². The number of ether oxygens (including phenoxy) is 2. The topological polar surface area (TPSA) is 68.8 Å². The number of amides is 1. The average Bonchev–Trinajstić information content (AvgIpc) is 3.14. The van der Waals surface area contributed by atoms with Crippen LogP contribution in [0.4, 0.5) is 15.8 Å². The maximum absolute atomic E-state index is 14.3. The van der Waals surface area contributed by atoms with E-state index in [1.807, 2.05) is 22.6 Å². The van der Waals surface area contributed by atoms with Gasteiger partial charge in [0.25, 0.3) is 5.91 Å². The number of hydroxylamine groups is 1. The van der Waals surface area contributed by atoms with Crippen molar-refractivity contribution in [1.29, 1.82) is 0 Å². The normalized spacial score (nSPS) is 12.1. The first-order chi connectivity index (χ1) is 13.5. The number of hydrogen-bond donors (Lipinski definition) is 2. The summed E-state index contributed by atoms with van der Waals surface area (Å²) in [6.45, 7) is 4.25. The molecule has 148 valence electrons.